The number of benzene rings is 1. The molecule has 0 atom stereocenters. The summed E-state index contributed by atoms with van der Waals surface area (Å²) in [5.41, 5.74) is 1.00. The number of nitrogens with one attached hydrogen (secondary N) is 2. The van der Waals surface area contributed by atoms with Crippen LogP contribution in [0.4, 0.5) is 0 Å². The Morgan fingerprint density at radius 3 is 2.70 bits per heavy atom. The Bertz CT molecular complexity index is 810. The van der Waals surface area contributed by atoms with E-state index in [1.807, 2.05) is 6.07 Å². The Morgan fingerprint density at radius 2 is 2.05 bits per heavy atom. The number of aromatic hydroxyl groups is 1. The normalized spacial score (nSPS) is 10.7. The maximum Gasteiger partial charge on any atom is 0.262 e. The summed E-state index contributed by atoms with van der Waals surface area (Å²) in [4.78, 5) is 21.8. The molecular weight excluding hydrogens is 322 g/mol. The molecule has 1 aromatic carbocycles. The van der Waals surface area contributed by atoms with Crippen molar-refractivity contribution in [2.75, 3.05) is 0 Å². The minimum atomic E-state index is -0.389. The van der Waals surface area contributed by atoms with Gasteiger partial charge in [0, 0.05) is 10.7 Å². The molecule has 2 heterocycles. The maximum atomic E-state index is 12.2. The molecule has 3 rings (SSSR count). The van der Waals surface area contributed by atoms with Gasteiger partial charge in [-0.05, 0) is 29.8 Å². The van der Waals surface area contributed by atoms with Gasteiger partial charge in [0.25, 0.3) is 5.56 Å². The van der Waals surface area contributed by atoms with E-state index in [4.69, 9.17) is 0 Å². The molecule has 0 amide bonds. The molecule has 0 radical (unpaired) electrons. The minimum Gasteiger partial charge on any atom is -0.493 e. The average Bonchev–Trinajstić information content (AvgIpc) is 2.91. The first kappa shape index (κ1) is 12.7. The topological polar surface area (TPSA) is 81.8 Å². The second-order valence-corrected chi connectivity index (χ2v) is 5.12. The summed E-state index contributed by atoms with van der Waals surface area (Å²) in [6.07, 6.45) is 1.72. The van der Waals surface area contributed by atoms with Gasteiger partial charge < -0.3 is 15.1 Å². The fourth-order valence-corrected chi connectivity index (χ4v) is 2.37. The largest absolute Gasteiger partial charge is 0.493 e. The SMILES string of the molecule is O=c1[nH]c(-c2ccc[nH]2)nc(O)c1-c1cccc(Br)c1. The highest BCUT2D eigenvalue weighted by molar-refractivity contribution is 9.10. The van der Waals surface area contributed by atoms with Crippen molar-refractivity contribution in [1.82, 2.24) is 15.0 Å². The number of rotatable bonds is 2. The quantitative estimate of drug-likeness (QED) is 0.675. The molecule has 5 nitrogen and oxygen atoms in total. The number of aromatic amines is 2. The molecule has 3 aromatic rings. The summed E-state index contributed by atoms with van der Waals surface area (Å²) < 4.78 is 0.822. The lowest BCUT2D eigenvalue weighted by molar-refractivity contribution is 0.454. The third-order valence-corrected chi connectivity index (χ3v) is 3.36. The molecule has 0 saturated carbocycles. The summed E-state index contributed by atoms with van der Waals surface area (Å²) in [5, 5.41) is 10.1. The van der Waals surface area contributed by atoms with Crippen molar-refractivity contribution < 1.29 is 5.11 Å². The van der Waals surface area contributed by atoms with Crippen molar-refractivity contribution in [3.8, 4) is 28.5 Å². The van der Waals surface area contributed by atoms with Gasteiger partial charge in [0.1, 0.15) is 5.56 Å². The van der Waals surface area contributed by atoms with Crippen LogP contribution in [-0.4, -0.2) is 20.1 Å². The van der Waals surface area contributed by atoms with E-state index in [9.17, 15) is 9.90 Å². The second-order valence-electron chi connectivity index (χ2n) is 4.21. The Morgan fingerprint density at radius 1 is 1.20 bits per heavy atom. The standard InChI is InChI=1S/C14H10BrN3O2/c15-9-4-1-3-8(7-9)11-13(19)17-12(18-14(11)20)10-5-2-6-16-10/h1-7,16H,(H2,17,18,19,20). The maximum absolute atomic E-state index is 12.2. The molecule has 20 heavy (non-hydrogen) atoms. The molecule has 0 unspecified atom stereocenters. The van der Waals surface area contributed by atoms with Crippen molar-refractivity contribution in [3.05, 3.63) is 57.4 Å². The summed E-state index contributed by atoms with van der Waals surface area (Å²) >= 11 is 3.34. The molecule has 0 bridgehead atoms. The Labute approximate surface area is 122 Å². The van der Waals surface area contributed by atoms with E-state index in [-0.39, 0.29) is 17.0 Å². The molecule has 0 aliphatic heterocycles. The van der Waals surface area contributed by atoms with Crippen LogP contribution in [0.1, 0.15) is 0 Å². The van der Waals surface area contributed by atoms with E-state index in [1.54, 1.807) is 36.5 Å². The minimum absolute atomic E-state index is 0.154. The molecule has 3 N–H and O–H groups in total. The van der Waals surface area contributed by atoms with Crippen molar-refractivity contribution in [1.29, 1.82) is 0 Å². The van der Waals surface area contributed by atoms with Gasteiger partial charge in [0.05, 0.1) is 5.69 Å². The van der Waals surface area contributed by atoms with Gasteiger partial charge in [-0.3, -0.25) is 4.79 Å². The van der Waals surface area contributed by atoms with Crippen LogP contribution in [0.25, 0.3) is 22.6 Å². The zero-order chi connectivity index (χ0) is 14.1. The Hall–Kier alpha value is -2.34. The fraction of sp³-hybridized carbons (Fsp3) is 0. The van der Waals surface area contributed by atoms with Crippen LogP contribution in [-0.2, 0) is 0 Å². The lowest BCUT2D eigenvalue weighted by atomic mass is 10.1. The van der Waals surface area contributed by atoms with E-state index in [1.165, 1.54) is 0 Å². The highest BCUT2D eigenvalue weighted by Crippen LogP contribution is 2.27. The van der Waals surface area contributed by atoms with Crippen molar-refractivity contribution in [2.24, 2.45) is 0 Å². The molecule has 100 valence electrons. The molecule has 0 saturated heterocycles. The molecule has 0 aliphatic rings. The third-order valence-electron chi connectivity index (χ3n) is 2.87. The third kappa shape index (κ3) is 2.25. The number of hydrogen-bond acceptors (Lipinski definition) is 3. The van der Waals surface area contributed by atoms with E-state index in [2.05, 4.69) is 30.9 Å². The van der Waals surface area contributed by atoms with Crippen LogP contribution in [0.5, 0.6) is 5.88 Å². The smallest absolute Gasteiger partial charge is 0.262 e. The van der Waals surface area contributed by atoms with Gasteiger partial charge >= 0.3 is 0 Å². The van der Waals surface area contributed by atoms with Crippen LogP contribution in [0.15, 0.2) is 51.9 Å². The van der Waals surface area contributed by atoms with Crippen LogP contribution >= 0.6 is 15.9 Å². The van der Waals surface area contributed by atoms with E-state index in [0.29, 0.717) is 17.1 Å². The Kier molecular flexibility index (Phi) is 3.15. The van der Waals surface area contributed by atoms with Gasteiger partial charge in [0.15, 0.2) is 5.82 Å². The predicted molar refractivity (Wildman–Crippen MR) is 79.4 cm³/mol. The highest BCUT2D eigenvalue weighted by Gasteiger charge is 2.14. The summed E-state index contributed by atoms with van der Waals surface area (Å²) in [6, 6.07) is 10.7. The van der Waals surface area contributed by atoms with Gasteiger partial charge in [-0.25, -0.2) is 0 Å². The first-order valence-electron chi connectivity index (χ1n) is 5.88. The molecular formula is C14H10BrN3O2. The molecule has 0 aliphatic carbocycles. The monoisotopic (exact) mass is 331 g/mol. The number of nitrogens with zero attached hydrogens (tertiary/aromatic N) is 1. The average molecular weight is 332 g/mol. The number of H-pyrrole nitrogens is 2. The van der Waals surface area contributed by atoms with Gasteiger partial charge in [-0.15, -0.1) is 0 Å². The first-order valence-corrected chi connectivity index (χ1v) is 6.67. The molecule has 6 heteroatoms. The highest BCUT2D eigenvalue weighted by atomic mass is 79.9. The zero-order valence-corrected chi connectivity index (χ0v) is 11.8. The summed E-state index contributed by atoms with van der Waals surface area (Å²) in [7, 11) is 0. The lowest BCUT2D eigenvalue weighted by Crippen LogP contribution is -2.12. The molecule has 2 aromatic heterocycles. The number of aromatic nitrogens is 3. The van der Waals surface area contributed by atoms with Gasteiger partial charge in [-0.1, -0.05) is 28.1 Å². The van der Waals surface area contributed by atoms with Crippen LogP contribution in [0, 0.1) is 0 Å². The van der Waals surface area contributed by atoms with E-state index >= 15 is 0 Å². The van der Waals surface area contributed by atoms with Gasteiger partial charge in [0.2, 0.25) is 5.88 Å². The Balaban J connectivity index is 2.17. The molecule has 0 spiro atoms. The van der Waals surface area contributed by atoms with Crippen LogP contribution in [0.3, 0.4) is 0 Å². The lowest BCUT2D eigenvalue weighted by Gasteiger charge is -2.05. The second kappa shape index (κ2) is 4.97. The van der Waals surface area contributed by atoms with Crippen LogP contribution in [0.2, 0.25) is 0 Å². The van der Waals surface area contributed by atoms with Crippen molar-refractivity contribution >= 4 is 15.9 Å². The first-order chi connectivity index (χ1) is 9.65. The van der Waals surface area contributed by atoms with Gasteiger partial charge in [-0.2, -0.15) is 4.98 Å². The van der Waals surface area contributed by atoms with Crippen molar-refractivity contribution in [2.45, 2.75) is 0 Å². The fourth-order valence-electron chi connectivity index (χ4n) is 1.97. The van der Waals surface area contributed by atoms with E-state index in [0.717, 1.165) is 4.47 Å². The summed E-state index contributed by atoms with van der Waals surface area (Å²) in [6.45, 7) is 0. The van der Waals surface area contributed by atoms with Crippen molar-refractivity contribution in [3.63, 3.8) is 0 Å². The molecule has 0 fully saturated rings. The predicted octanol–water partition coefficient (Wildman–Crippen LogP) is 2.90. The van der Waals surface area contributed by atoms with Crippen LogP contribution < -0.4 is 5.56 Å². The summed E-state index contributed by atoms with van der Waals surface area (Å²) in [5.74, 6) is 0.00713. The van der Waals surface area contributed by atoms with E-state index < -0.39 is 0 Å². The zero-order valence-electron chi connectivity index (χ0n) is 10.2. The number of hydrogen-bond donors (Lipinski definition) is 3. The number of halogens is 1.